The van der Waals surface area contributed by atoms with Crippen LogP contribution in [0.2, 0.25) is 0 Å². The molecule has 2 aliphatic heterocycles. The number of hydrogen-bond donors (Lipinski definition) is 1. The van der Waals surface area contributed by atoms with Gasteiger partial charge in [0.15, 0.2) is 0 Å². The molecule has 63 heavy (non-hydrogen) atoms. The van der Waals surface area contributed by atoms with E-state index in [0.29, 0.717) is 23.9 Å². The highest BCUT2D eigenvalue weighted by molar-refractivity contribution is 6.10. The quantitative estimate of drug-likeness (QED) is 0.123. The summed E-state index contributed by atoms with van der Waals surface area (Å²) in [6.45, 7) is 6.78. The van der Waals surface area contributed by atoms with E-state index in [-0.39, 0.29) is 12.2 Å². The SMILES string of the molecule is C=C(NC(/N=C(\C)c1cccc2ccccc12)c1ccccc1N1C2Cc3ccccc3C(N3c4ccccc4C4C5=C(CCC=C5)CCC43)=C2C2C=CCCC21)c1ccccc1. The van der Waals surface area contributed by atoms with Crippen LogP contribution in [0.1, 0.15) is 90.9 Å². The fourth-order valence-electron chi connectivity index (χ4n) is 12.4. The van der Waals surface area contributed by atoms with Crippen LogP contribution in [-0.4, -0.2) is 23.8 Å². The van der Waals surface area contributed by atoms with Gasteiger partial charge >= 0.3 is 0 Å². The van der Waals surface area contributed by atoms with Crippen molar-refractivity contribution in [2.24, 2.45) is 10.9 Å². The number of hydrogen-bond acceptors (Lipinski definition) is 4. The molecule has 0 radical (unpaired) electrons. The molecule has 310 valence electrons. The van der Waals surface area contributed by atoms with Gasteiger partial charge in [-0.15, -0.1) is 0 Å². The van der Waals surface area contributed by atoms with Gasteiger partial charge in [0, 0.05) is 63.4 Å². The minimum atomic E-state index is -0.381. The summed E-state index contributed by atoms with van der Waals surface area (Å²) in [6, 6.07) is 54.4. The highest BCUT2D eigenvalue weighted by Gasteiger charge is 2.52. The van der Waals surface area contributed by atoms with Crippen molar-refractivity contribution in [3.8, 4) is 0 Å². The topological polar surface area (TPSA) is 30.9 Å². The van der Waals surface area contributed by atoms with Gasteiger partial charge in [-0.2, -0.15) is 0 Å². The molecule has 0 amide bonds. The first-order valence-electron chi connectivity index (χ1n) is 23.3. The summed E-state index contributed by atoms with van der Waals surface area (Å²) in [4.78, 5) is 11.4. The van der Waals surface area contributed by atoms with E-state index in [1.165, 1.54) is 75.8 Å². The lowest BCUT2D eigenvalue weighted by Crippen LogP contribution is -2.42. The van der Waals surface area contributed by atoms with Crippen molar-refractivity contribution >= 4 is 39.3 Å². The third-order valence-corrected chi connectivity index (χ3v) is 15.1. The smallest absolute Gasteiger partial charge is 0.147 e. The Hall–Kier alpha value is -6.65. The van der Waals surface area contributed by atoms with Gasteiger partial charge in [-0.1, -0.05) is 170 Å². The summed E-state index contributed by atoms with van der Waals surface area (Å²) in [5, 5.41) is 6.32. The number of benzene rings is 6. The molecule has 4 aliphatic carbocycles. The molecule has 1 N–H and O–H groups in total. The second-order valence-corrected chi connectivity index (χ2v) is 18.4. The summed E-state index contributed by atoms with van der Waals surface area (Å²) in [6.07, 6.45) is 17.5. The molecule has 6 atom stereocenters. The number of allylic oxidation sites excluding steroid dienone is 4. The molecule has 6 unspecified atom stereocenters. The number of fused-ring (bicyclic) bond motifs is 9. The van der Waals surface area contributed by atoms with E-state index in [2.05, 4.69) is 199 Å². The molecule has 6 aromatic rings. The first-order chi connectivity index (χ1) is 31.1. The summed E-state index contributed by atoms with van der Waals surface area (Å²) in [5.41, 5.74) is 18.6. The van der Waals surface area contributed by atoms with E-state index in [1.807, 2.05) is 0 Å². The third-order valence-electron chi connectivity index (χ3n) is 15.1. The number of anilines is 2. The second kappa shape index (κ2) is 15.6. The standard InChI is InChI=1S/C59H54N4/c1-38(40-19-4-3-5-20-40)60-59(61-39(2)44-31-18-24-41-21-6-9-25-45(41)44)50-30-14-17-34-53(50)62-51-32-15-13-29-49(51)57-55(62)37-43-23-8-11-27-47(43)58(57)63-52-33-16-12-28-48(52)56-46-26-10-7-22-42(46)35-36-54(56)63/h3-6,8-14,16-21,23-31,33-34,49,51,54-56,59-60H,1,7,15,22,32,35-37H2,2H3/b61-39+. The van der Waals surface area contributed by atoms with E-state index < -0.39 is 0 Å². The second-order valence-electron chi connectivity index (χ2n) is 18.4. The summed E-state index contributed by atoms with van der Waals surface area (Å²) in [5.74, 6) is 0.691. The summed E-state index contributed by atoms with van der Waals surface area (Å²) >= 11 is 0. The van der Waals surface area contributed by atoms with Gasteiger partial charge in [0.25, 0.3) is 0 Å². The minimum absolute atomic E-state index is 0.189. The van der Waals surface area contributed by atoms with Crippen LogP contribution in [0.25, 0.3) is 22.2 Å². The Morgan fingerprint density at radius 2 is 1.51 bits per heavy atom. The number of aliphatic imine (C=N–C) groups is 1. The van der Waals surface area contributed by atoms with Crippen LogP contribution in [0.15, 0.2) is 198 Å². The lowest BCUT2D eigenvalue weighted by Gasteiger charge is -2.42. The zero-order chi connectivity index (χ0) is 42.0. The summed E-state index contributed by atoms with van der Waals surface area (Å²) < 4.78 is 0. The average Bonchev–Trinajstić information content (AvgIpc) is 3.86. The molecule has 4 heteroatoms. The highest BCUT2D eigenvalue weighted by atomic mass is 15.3. The van der Waals surface area contributed by atoms with Gasteiger partial charge in [-0.3, -0.25) is 4.99 Å². The Morgan fingerprint density at radius 3 is 2.43 bits per heavy atom. The monoisotopic (exact) mass is 818 g/mol. The Balaban J connectivity index is 1.03. The van der Waals surface area contributed by atoms with Crippen molar-refractivity contribution in [1.29, 1.82) is 0 Å². The zero-order valence-electron chi connectivity index (χ0n) is 36.1. The first kappa shape index (κ1) is 38.1. The Kier molecular flexibility index (Phi) is 9.43. The van der Waals surface area contributed by atoms with Crippen LogP contribution >= 0.6 is 0 Å². The van der Waals surface area contributed by atoms with Gasteiger partial charge in [-0.25, -0.2) is 0 Å². The lowest BCUT2D eigenvalue weighted by molar-refractivity contribution is 0.518. The molecule has 2 heterocycles. The predicted molar refractivity (Wildman–Crippen MR) is 263 cm³/mol. The van der Waals surface area contributed by atoms with Crippen LogP contribution in [0.3, 0.4) is 0 Å². The maximum absolute atomic E-state index is 5.66. The normalized spacial score (nSPS) is 23.8. The molecule has 0 saturated carbocycles. The Morgan fingerprint density at radius 1 is 0.730 bits per heavy atom. The molecule has 12 rings (SSSR count). The lowest BCUT2D eigenvalue weighted by atomic mass is 9.74. The molecule has 6 aromatic carbocycles. The van der Waals surface area contributed by atoms with Crippen LogP contribution in [0.4, 0.5) is 11.4 Å². The van der Waals surface area contributed by atoms with E-state index in [4.69, 9.17) is 4.99 Å². The van der Waals surface area contributed by atoms with Crippen LogP contribution in [0.5, 0.6) is 0 Å². The fourth-order valence-corrected chi connectivity index (χ4v) is 12.4. The summed E-state index contributed by atoms with van der Waals surface area (Å²) in [7, 11) is 0. The Labute approximate surface area is 372 Å². The largest absolute Gasteiger partial charge is 0.360 e. The van der Waals surface area contributed by atoms with Crippen molar-refractivity contribution < 1.29 is 0 Å². The molecule has 1 fully saturated rings. The zero-order valence-corrected chi connectivity index (χ0v) is 36.1. The van der Waals surface area contributed by atoms with E-state index in [0.717, 1.165) is 41.8 Å². The molecular formula is C59H54N4. The van der Waals surface area contributed by atoms with Gasteiger partial charge in [-0.05, 0) is 103 Å². The maximum atomic E-state index is 5.66. The van der Waals surface area contributed by atoms with Crippen molar-refractivity contribution in [1.82, 2.24) is 5.32 Å². The van der Waals surface area contributed by atoms with E-state index in [9.17, 15) is 0 Å². The molecule has 0 bridgehead atoms. The number of nitrogens with zero attached hydrogens (tertiary/aromatic N) is 3. The molecular weight excluding hydrogens is 765 g/mol. The number of para-hydroxylation sites is 2. The molecule has 0 aromatic heterocycles. The van der Waals surface area contributed by atoms with Crippen molar-refractivity contribution in [2.45, 2.75) is 82.1 Å². The number of nitrogens with one attached hydrogen (secondary N) is 1. The van der Waals surface area contributed by atoms with Crippen molar-refractivity contribution in [2.75, 3.05) is 9.80 Å². The van der Waals surface area contributed by atoms with Crippen molar-refractivity contribution in [3.05, 3.63) is 227 Å². The van der Waals surface area contributed by atoms with Crippen LogP contribution in [0, 0.1) is 5.92 Å². The molecule has 1 saturated heterocycles. The maximum Gasteiger partial charge on any atom is 0.147 e. The van der Waals surface area contributed by atoms with Crippen LogP contribution in [-0.2, 0) is 6.42 Å². The fraction of sp³-hybridized carbons (Fsp3) is 0.237. The van der Waals surface area contributed by atoms with Gasteiger partial charge < -0.3 is 15.1 Å². The van der Waals surface area contributed by atoms with Crippen LogP contribution < -0.4 is 15.1 Å². The first-order valence-corrected chi connectivity index (χ1v) is 23.3. The highest BCUT2D eigenvalue weighted by Crippen LogP contribution is 2.58. The van der Waals surface area contributed by atoms with Crippen molar-refractivity contribution in [3.63, 3.8) is 0 Å². The third kappa shape index (κ3) is 6.28. The predicted octanol–water partition coefficient (Wildman–Crippen LogP) is 13.5. The minimum Gasteiger partial charge on any atom is -0.360 e. The average molecular weight is 819 g/mol. The van der Waals surface area contributed by atoms with Gasteiger partial charge in [0.05, 0.1) is 11.7 Å². The molecule has 0 spiro atoms. The Bertz CT molecular complexity index is 2940. The van der Waals surface area contributed by atoms with Gasteiger partial charge in [0.1, 0.15) is 6.17 Å². The van der Waals surface area contributed by atoms with E-state index >= 15 is 0 Å². The number of rotatable bonds is 8. The molecule has 6 aliphatic rings. The van der Waals surface area contributed by atoms with Gasteiger partial charge in [0.2, 0.25) is 0 Å². The molecule has 4 nitrogen and oxygen atoms in total. The van der Waals surface area contributed by atoms with E-state index in [1.54, 1.807) is 16.7 Å².